The second-order valence-corrected chi connectivity index (χ2v) is 8.26. The first-order valence-corrected chi connectivity index (χ1v) is 9.29. The fourth-order valence-corrected chi connectivity index (χ4v) is 2.33. The molecule has 1 N–H and O–H groups in total. The van der Waals surface area contributed by atoms with Gasteiger partial charge in [-0.1, -0.05) is 54.5 Å². The summed E-state index contributed by atoms with van der Waals surface area (Å²) in [7, 11) is 0. The highest BCUT2D eigenvalue weighted by molar-refractivity contribution is 5.81. The van der Waals surface area contributed by atoms with Crippen molar-refractivity contribution in [2.24, 2.45) is 16.7 Å². The minimum atomic E-state index is -0.666. The maximum atomic E-state index is 12.5. The summed E-state index contributed by atoms with van der Waals surface area (Å²) in [4.78, 5) is 34.9. The maximum Gasteiger partial charge on any atom is 0.407 e. The molecular formula is C20H35NO6. The van der Waals surface area contributed by atoms with Gasteiger partial charge in [-0.2, -0.15) is 0 Å². The van der Waals surface area contributed by atoms with E-state index in [0.717, 1.165) is 18.9 Å². The van der Waals surface area contributed by atoms with E-state index in [1.54, 1.807) is 0 Å². The van der Waals surface area contributed by atoms with Crippen LogP contribution < -0.4 is 5.32 Å². The fourth-order valence-electron chi connectivity index (χ4n) is 2.33. The van der Waals surface area contributed by atoms with Crippen LogP contribution in [0, 0.1) is 16.7 Å². The summed E-state index contributed by atoms with van der Waals surface area (Å²) >= 11 is 0. The third kappa shape index (κ3) is 11.3. The van der Waals surface area contributed by atoms with E-state index in [0.29, 0.717) is 0 Å². The Morgan fingerprint density at radius 3 is 2.11 bits per heavy atom. The lowest BCUT2D eigenvalue weighted by molar-refractivity contribution is -0.155. The Balaban J connectivity index is 4.25. The van der Waals surface area contributed by atoms with E-state index in [9.17, 15) is 14.4 Å². The molecule has 7 nitrogen and oxygen atoms in total. The van der Waals surface area contributed by atoms with E-state index < -0.39 is 12.1 Å². The van der Waals surface area contributed by atoms with Gasteiger partial charge in [0.15, 0.2) is 0 Å². The Morgan fingerprint density at radius 2 is 1.59 bits per heavy atom. The lowest BCUT2D eigenvalue weighted by Crippen LogP contribution is -2.36. The molecular weight excluding hydrogens is 350 g/mol. The number of nitrogens with one attached hydrogen (secondary N) is 1. The molecule has 156 valence electrons. The van der Waals surface area contributed by atoms with Gasteiger partial charge in [-0.15, -0.1) is 0 Å². The summed E-state index contributed by atoms with van der Waals surface area (Å²) in [6.45, 7) is 15.8. The Labute approximate surface area is 162 Å². The van der Waals surface area contributed by atoms with Gasteiger partial charge in [0.2, 0.25) is 0 Å². The molecule has 0 aromatic rings. The van der Waals surface area contributed by atoms with Gasteiger partial charge in [0.25, 0.3) is 0 Å². The summed E-state index contributed by atoms with van der Waals surface area (Å²) in [5.74, 6) is -1.05. The predicted molar refractivity (Wildman–Crippen MR) is 103 cm³/mol. The molecule has 7 heteroatoms. The van der Waals surface area contributed by atoms with Crippen LogP contribution in [-0.2, 0) is 23.8 Å². The highest BCUT2D eigenvalue weighted by Crippen LogP contribution is 2.39. The molecule has 0 heterocycles. The van der Waals surface area contributed by atoms with Crippen LogP contribution in [0.5, 0.6) is 0 Å². The van der Waals surface area contributed by atoms with Gasteiger partial charge < -0.3 is 19.5 Å². The SMILES string of the molecule is C=CC(=O)OCCNC(=O)OCCOC(=O)C(CC(C)(C)C)C(C)(C)CC. The lowest BCUT2D eigenvalue weighted by atomic mass is 9.70. The van der Waals surface area contributed by atoms with Gasteiger partial charge in [0, 0.05) is 6.08 Å². The smallest absolute Gasteiger partial charge is 0.407 e. The molecule has 0 radical (unpaired) electrons. The molecule has 0 bridgehead atoms. The molecule has 0 saturated carbocycles. The summed E-state index contributed by atoms with van der Waals surface area (Å²) in [6.07, 6.45) is 1.95. The van der Waals surface area contributed by atoms with Gasteiger partial charge in [0.05, 0.1) is 12.5 Å². The molecule has 0 aromatic heterocycles. The van der Waals surface area contributed by atoms with Crippen molar-refractivity contribution in [3.05, 3.63) is 12.7 Å². The van der Waals surface area contributed by atoms with Crippen LogP contribution in [-0.4, -0.2) is 44.4 Å². The van der Waals surface area contributed by atoms with Crippen LogP contribution >= 0.6 is 0 Å². The Bertz CT molecular complexity index is 507. The molecule has 0 saturated heterocycles. The Hall–Kier alpha value is -2.05. The third-order valence-corrected chi connectivity index (χ3v) is 4.30. The number of hydrogen-bond donors (Lipinski definition) is 1. The number of ether oxygens (including phenoxy) is 3. The van der Waals surface area contributed by atoms with Crippen molar-refractivity contribution in [1.29, 1.82) is 0 Å². The zero-order chi connectivity index (χ0) is 21.1. The molecule has 1 amide bonds. The minimum Gasteiger partial charge on any atom is -0.462 e. The molecule has 0 aliphatic heterocycles. The normalized spacial score (nSPS) is 12.7. The van der Waals surface area contributed by atoms with Gasteiger partial charge in [0.1, 0.15) is 19.8 Å². The zero-order valence-electron chi connectivity index (χ0n) is 17.6. The predicted octanol–water partition coefficient (Wildman–Crippen LogP) is 3.47. The number of alkyl carbamates (subject to hydrolysis) is 1. The largest absolute Gasteiger partial charge is 0.462 e. The number of rotatable bonds is 11. The van der Waals surface area contributed by atoms with Crippen LogP contribution in [0.3, 0.4) is 0 Å². The second kappa shape index (κ2) is 11.6. The second-order valence-electron chi connectivity index (χ2n) is 8.26. The van der Waals surface area contributed by atoms with Gasteiger partial charge >= 0.3 is 18.0 Å². The van der Waals surface area contributed by atoms with E-state index in [-0.39, 0.29) is 49.1 Å². The molecule has 0 rings (SSSR count). The zero-order valence-corrected chi connectivity index (χ0v) is 17.6. The van der Waals surface area contributed by atoms with Crippen LogP contribution in [0.25, 0.3) is 0 Å². The summed E-state index contributed by atoms with van der Waals surface area (Å²) in [6, 6.07) is 0. The quantitative estimate of drug-likeness (QED) is 0.253. The average Bonchev–Trinajstić information content (AvgIpc) is 2.59. The Morgan fingerprint density at radius 1 is 1.00 bits per heavy atom. The number of carbonyl (C=O) groups is 3. The number of hydrogen-bond acceptors (Lipinski definition) is 6. The van der Waals surface area contributed by atoms with E-state index in [4.69, 9.17) is 14.2 Å². The third-order valence-electron chi connectivity index (χ3n) is 4.30. The van der Waals surface area contributed by atoms with Crippen molar-refractivity contribution in [2.75, 3.05) is 26.4 Å². The molecule has 0 aromatic carbocycles. The van der Waals surface area contributed by atoms with E-state index in [2.05, 4.69) is 53.4 Å². The van der Waals surface area contributed by atoms with Crippen molar-refractivity contribution >= 4 is 18.0 Å². The summed E-state index contributed by atoms with van der Waals surface area (Å²) in [5, 5.41) is 2.42. The van der Waals surface area contributed by atoms with Gasteiger partial charge in [-0.3, -0.25) is 4.79 Å². The first kappa shape index (κ1) is 24.9. The number of carbonyl (C=O) groups excluding carboxylic acids is 3. The van der Waals surface area contributed by atoms with Gasteiger partial charge in [-0.05, 0) is 17.3 Å². The monoisotopic (exact) mass is 385 g/mol. The van der Waals surface area contributed by atoms with E-state index in [1.165, 1.54) is 0 Å². The molecule has 27 heavy (non-hydrogen) atoms. The Kier molecular flexibility index (Phi) is 10.7. The minimum absolute atomic E-state index is 0.00155. The maximum absolute atomic E-state index is 12.5. The van der Waals surface area contributed by atoms with Crippen LogP contribution in [0.15, 0.2) is 12.7 Å². The summed E-state index contributed by atoms with van der Waals surface area (Å²) in [5.41, 5.74) is -0.174. The molecule has 1 unspecified atom stereocenters. The van der Waals surface area contributed by atoms with Crippen molar-refractivity contribution in [3.63, 3.8) is 0 Å². The average molecular weight is 386 g/mol. The van der Waals surface area contributed by atoms with Crippen molar-refractivity contribution in [1.82, 2.24) is 5.32 Å². The highest BCUT2D eigenvalue weighted by Gasteiger charge is 2.37. The van der Waals surface area contributed by atoms with Crippen LogP contribution in [0.2, 0.25) is 0 Å². The van der Waals surface area contributed by atoms with Crippen molar-refractivity contribution < 1.29 is 28.6 Å². The first-order valence-electron chi connectivity index (χ1n) is 9.29. The van der Waals surface area contributed by atoms with Gasteiger partial charge in [-0.25, -0.2) is 9.59 Å². The van der Waals surface area contributed by atoms with Crippen LogP contribution in [0.1, 0.15) is 54.4 Å². The van der Waals surface area contributed by atoms with E-state index >= 15 is 0 Å². The highest BCUT2D eigenvalue weighted by atomic mass is 16.6. The number of esters is 2. The topological polar surface area (TPSA) is 90.9 Å². The lowest BCUT2D eigenvalue weighted by Gasteiger charge is -2.35. The molecule has 0 fully saturated rings. The first-order chi connectivity index (χ1) is 12.4. The standard InChI is InChI=1S/C20H35NO6/c1-8-16(22)25-11-10-21-18(24)27-13-12-26-17(23)15(14-19(3,4)5)20(6,7)9-2/h8,15H,1,9-14H2,2-7H3,(H,21,24). The molecule has 0 aliphatic carbocycles. The van der Waals surface area contributed by atoms with Crippen molar-refractivity contribution in [3.8, 4) is 0 Å². The molecule has 0 aliphatic rings. The van der Waals surface area contributed by atoms with E-state index in [1.807, 2.05) is 0 Å². The molecule has 0 spiro atoms. The number of amides is 1. The summed E-state index contributed by atoms with van der Waals surface area (Å²) < 4.78 is 15.0. The molecule has 1 atom stereocenters. The fraction of sp³-hybridized carbons (Fsp3) is 0.750. The van der Waals surface area contributed by atoms with Crippen LogP contribution in [0.4, 0.5) is 4.79 Å². The van der Waals surface area contributed by atoms with Crippen molar-refractivity contribution in [2.45, 2.75) is 54.4 Å².